The summed E-state index contributed by atoms with van der Waals surface area (Å²) in [5.74, 6) is 3.49. The van der Waals surface area contributed by atoms with Gasteiger partial charge in [-0.15, -0.1) is 0 Å². The zero-order chi connectivity index (χ0) is 34.3. The normalized spacial score (nSPS) is 13.5. The Balaban J connectivity index is 1.21. The molecule has 3 heterocycles. The van der Waals surface area contributed by atoms with Gasteiger partial charge < -0.3 is 18.9 Å². The highest BCUT2D eigenvalue weighted by molar-refractivity contribution is 6.98. The molecule has 3 aliphatic rings. The Bertz CT molecular complexity index is 2770. The van der Waals surface area contributed by atoms with Crippen molar-refractivity contribution in [2.75, 3.05) is 4.90 Å². The van der Waals surface area contributed by atoms with Crippen LogP contribution in [0.3, 0.4) is 0 Å². The van der Waals surface area contributed by atoms with Crippen LogP contribution >= 0.6 is 0 Å². The van der Waals surface area contributed by atoms with Crippen LogP contribution in [0.4, 0.5) is 17.1 Å². The highest BCUT2D eigenvalue weighted by Crippen LogP contribution is 2.46. The Labute approximate surface area is 302 Å². The Morgan fingerprint density at radius 1 is 0.615 bits per heavy atom. The molecule has 0 unspecified atom stereocenters. The van der Waals surface area contributed by atoms with E-state index in [1.807, 2.05) is 0 Å². The minimum absolute atomic E-state index is 0.00628. The lowest BCUT2D eigenvalue weighted by atomic mass is 9.34. The molecule has 5 heteroatoms. The van der Waals surface area contributed by atoms with Crippen LogP contribution in [0, 0.1) is 6.92 Å². The molecular formula is C47H33BN2O2. The minimum atomic E-state index is -0.00628. The van der Waals surface area contributed by atoms with Gasteiger partial charge in [-0.05, 0) is 109 Å². The number of anilines is 3. The second-order valence-electron chi connectivity index (χ2n) is 14.1. The van der Waals surface area contributed by atoms with Gasteiger partial charge in [-0.2, -0.15) is 0 Å². The van der Waals surface area contributed by atoms with Gasteiger partial charge in [-0.25, -0.2) is 0 Å². The van der Waals surface area contributed by atoms with Crippen molar-refractivity contribution in [3.63, 3.8) is 0 Å². The molecule has 0 N–H and O–H groups in total. The largest absolute Gasteiger partial charge is 0.458 e. The van der Waals surface area contributed by atoms with E-state index in [2.05, 4.69) is 174 Å². The fourth-order valence-electron chi connectivity index (χ4n) is 8.65. The Morgan fingerprint density at radius 2 is 1.38 bits per heavy atom. The summed E-state index contributed by atoms with van der Waals surface area (Å²) in [6.07, 6.45) is 6.64. The minimum Gasteiger partial charge on any atom is -0.458 e. The first-order valence-corrected chi connectivity index (χ1v) is 18.1. The maximum atomic E-state index is 7.03. The molecule has 0 radical (unpaired) electrons. The SMILES string of the molecule is Cc1ccc2c(c1)B1c3ccccc3Oc3c1c(cc1c4ccc(N(c5ccccc5)c5ccc6c(c5)CCC=C6)cc4n(-c4ccccc4)c31)O2. The topological polar surface area (TPSA) is 26.6 Å². The first-order chi connectivity index (χ1) is 25.7. The lowest BCUT2D eigenvalue weighted by molar-refractivity contribution is 0.467. The molecule has 1 aliphatic carbocycles. The van der Waals surface area contributed by atoms with Crippen molar-refractivity contribution in [2.45, 2.75) is 19.8 Å². The highest BCUT2D eigenvalue weighted by Gasteiger charge is 2.42. The van der Waals surface area contributed by atoms with Gasteiger partial charge in [0, 0.05) is 39.0 Å². The van der Waals surface area contributed by atoms with Gasteiger partial charge in [0.05, 0.1) is 11.0 Å². The number of benzene rings is 7. The molecule has 0 atom stereocenters. The van der Waals surface area contributed by atoms with E-state index in [4.69, 9.17) is 9.47 Å². The van der Waals surface area contributed by atoms with Gasteiger partial charge >= 0.3 is 0 Å². The number of hydrogen-bond acceptors (Lipinski definition) is 3. The number of aryl methyl sites for hydroxylation is 2. The molecule has 0 spiro atoms. The number of hydrogen-bond donors (Lipinski definition) is 0. The number of ether oxygens (including phenoxy) is 2. The molecule has 246 valence electrons. The van der Waals surface area contributed by atoms with E-state index in [-0.39, 0.29) is 6.71 Å². The number of aromatic nitrogens is 1. The van der Waals surface area contributed by atoms with Crippen LogP contribution in [0.15, 0.2) is 152 Å². The Kier molecular flexibility index (Phi) is 6.35. The maximum Gasteiger partial charge on any atom is 0.260 e. The molecule has 4 nitrogen and oxygen atoms in total. The lowest BCUT2D eigenvalue weighted by Crippen LogP contribution is -2.57. The fourth-order valence-corrected chi connectivity index (χ4v) is 8.65. The van der Waals surface area contributed by atoms with E-state index in [1.165, 1.54) is 22.2 Å². The van der Waals surface area contributed by atoms with E-state index in [1.54, 1.807) is 0 Å². The zero-order valence-corrected chi connectivity index (χ0v) is 28.7. The Morgan fingerprint density at radius 3 is 2.27 bits per heavy atom. The monoisotopic (exact) mass is 668 g/mol. The third-order valence-corrected chi connectivity index (χ3v) is 11.0. The van der Waals surface area contributed by atoms with E-state index in [0.717, 1.165) is 91.3 Å². The molecular weight excluding hydrogens is 635 g/mol. The molecule has 7 aromatic carbocycles. The molecule has 8 aromatic rings. The van der Waals surface area contributed by atoms with E-state index in [9.17, 15) is 0 Å². The van der Waals surface area contributed by atoms with E-state index >= 15 is 0 Å². The highest BCUT2D eigenvalue weighted by atomic mass is 16.5. The number of allylic oxidation sites excluding steroid dienone is 1. The quantitative estimate of drug-likeness (QED) is 0.175. The van der Waals surface area contributed by atoms with Crippen LogP contribution in [-0.2, 0) is 6.42 Å². The smallest absolute Gasteiger partial charge is 0.260 e. The molecule has 11 rings (SSSR count). The summed E-state index contributed by atoms with van der Waals surface area (Å²) in [5.41, 5.74) is 13.9. The number of fused-ring (bicyclic) bond motifs is 9. The predicted octanol–water partition coefficient (Wildman–Crippen LogP) is 10.2. The summed E-state index contributed by atoms with van der Waals surface area (Å²) in [7, 11) is 0. The molecule has 1 aromatic heterocycles. The average Bonchev–Trinajstić information content (AvgIpc) is 3.52. The van der Waals surface area contributed by atoms with Crippen molar-refractivity contribution in [1.29, 1.82) is 0 Å². The molecule has 2 aliphatic heterocycles. The van der Waals surface area contributed by atoms with Gasteiger partial charge in [-0.3, -0.25) is 0 Å². The standard InChI is InChI=1S/C47H33BN2O2/c1-30-20-25-43-40(26-30)48-39-18-10-11-19-42(39)52-47-45(48)44(51-43)29-38-37-24-23-36(28-41(37)50(46(38)47)34-16-6-3-7-17-34)49(33-14-4-2-5-15-33)35-22-21-31-12-8-9-13-32(31)27-35/h2-8,10-12,14-29H,9,13H2,1H3. The van der Waals surface area contributed by atoms with Crippen LogP contribution in [0.5, 0.6) is 23.0 Å². The van der Waals surface area contributed by atoms with E-state index < -0.39 is 0 Å². The van der Waals surface area contributed by atoms with Crippen LogP contribution in [-0.4, -0.2) is 11.3 Å². The van der Waals surface area contributed by atoms with Gasteiger partial charge in [0.15, 0.2) is 5.75 Å². The lowest BCUT2D eigenvalue weighted by Gasteiger charge is -2.33. The average molecular weight is 669 g/mol. The number of rotatable bonds is 4. The van der Waals surface area contributed by atoms with Gasteiger partial charge in [0.2, 0.25) is 0 Å². The van der Waals surface area contributed by atoms with Crippen LogP contribution in [0.25, 0.3) is 33.6 Å². The summed E-state index contributed by atoms with van der Waals surface area (Å²) < 4.78 is 16.2. The third kappa shape index (κ3) is 4.35. The molecule has 0 saturated carbocycles. The van der Waals surface area contributed by atoms with Crippen molar-refractivity contribution in [1.82, 2.24) is 4.57 Å². The first-order valence-electron chi connectivity index (χ1n) is 18.1. The number of para-hydroxylation sites is 3. The van der Waals surface area contributed by atoms with Crippen LogP contribution in [0.1, 0.15) is 23.1 Å². The van der Waals surface area contributed by atoms with Crippen molar-refractivity contribution in [3.05, 3.63) is 168 Å². The molecule has 0 bridgehead atoms. The summed E-state index contributed by atoms with van der Waals surface area (Å²) in [4.78, 5) is 2.38. The second kappa shape index (κ2) is 11.3. The summed E-state index contributed by atoms with van der Waals surface area (Å²) >= 11 is 0. The fraction of sp³-hybridized carbons (Fsp3) is 0.0638. The Hall–Kier alpha value is -6.46. The van der Waals surface area contributed by atoms with E-state index in [0.29, 0.717) is 0 Å². The van der Waals surface area contributed by atoms with Crippen LogP contribution < -0.4 is 30.8 Å². The molecule has 0 fully saturated rings. The molecule has 0 amide bonds. The number of nitrogens with zero attached hydrogens (tertiary/aromatic N) is 2. The zero-order valence-electron chi connectivity index (χ0n) is 28.7. The molecule has 52 heavy (non-hydrogen) atoms. The summed E-state index contributed by atoms with van der Waals surface area (Å²) in [6, 6.07) is 52.3. The van der Waals surface area contributed by atoms with Gasteiger partial charge in [0.1, 0.15) is 17.2 Å². The first kappa shape index (κ1) is 29.3. The summed E-state index contributed by atoms with van der Waals surface area (Å²) in [5, 5.41) is 2.24. The predicted molar refractivity (Wildman–Crippen MR) is 215 cm³/mol. The summed E-state index contributed by atoms with van der Waals surface area (Å²) in [6.45, 7) is 2.14. The van der Waals surface area contributed by atoms with Crippen molar-refractivity contribution >= 4 is 68.0 Å². The third-order valence-electron chi connectivity index (χ3n) is 11.0. The molecule has 0 saturated heterocycles. The van der Waals surface area contributed by atoms with Crippen molar-refractivity contribution < 1.29 is 9.47 Å². The van der Waals surface area contributed by atoms with Gasteiger partial charge in [-0.1, -0.05) is 96.6 Å². The van der Waals surface area contributed by atoms with Gasteiger partial charge in [0.25, 0.3) is 6.71 Å². The van der Waals surface area contributed by atoms with Crippen molar-refractivity contribution in [3.8, 4) is 28.7 Å². The maximum absolute atomic E-state index is 7.03. The second-order valence-corrected chi connectivity index (χ2v) is 14.1. The van der Waals surface area contributed by atoms with Crippen LogP contribution in [0.2, 0.25) is 0 Å². The van der Waals surface area contributed by atoms with Crippen molar-refractivity contribution in [2.24, 2.45) is 0 Å².